The summed E-state index contributed by atoms with van der Waals surface area (Å²) < 4.78 is 7.66. The molecule has 4 heteroatoms. The fourth-order valence-corrected chi connectivity index (χ4v) is 2.07. The van der Waals surface area contributed by atoms with Crippen molar-refractivity contribution in [2.75, 3.05) is 19.8 Å². The largest absolute Gasteiger partial charge is 0.394 e. The van der Waals surface area contributed by atoms with E-state index in [-0.39, 0.29) is 12.7 Å². The van der Waals surface area contributed by atoms with Gasteiger partial charge in [0, 0.05) is 38.1 Å². The summed E-state index contributed by atoms with van der Waals surface area (Å²) in [4.78, 5) is 2.36. The van der Waals surface area contributed by atoms with E-state index in [4.69, 9.17) is 9.84 Å². The molecule has 0 radical (unpaired) electrons. The highest BCUT2D eigenvalue weighted by atomic mass is 16.5. The molecule has 2 unspecified atom stereocenters. The topological polar surface area (TPSA) is 37.6 Å². The smallest absolute Gasteiger partial charge is 0.0933 e. The van der Waals surface area contributed by atoms with Crippen LogP contribution in [0.5, 0.6) is 0 Å². The van der Waals surface area contributed by atoms with Gasteiger partial charge in [-0.25, -0.2) is 0 Å². The molecule has 1 saturated heterocycles. The van der Waals surface area contributed by atoms with E-state index in [0.717, 1.165) is 13.1 Å². The quantitative estimate of drug-likeness (QED) is 0.817. The number of aromatic nitrogens is 1. The van der Waals surface area contributed by atoms with E-state index in [1.807, 2.05) is 0 Å². The van der Waals surface area contributed by atoms with Crippen LogP contribution in [0.1, 0.15) is 12.6 Å². The second-order valence-electron chi connectivity index (χ2n) is 4.53. The Morgan fingerprint density at radius 2 is 2.38 bits per heavy atom. The average Bonchev–Trinajstić information content (AvgIpc) is 2.68. The lowest BCUT2D eigenvalue weighted by molar-refractivity contribution is -0.0810. The highest BCUT2D eigenvalue weighted by molar-refractivity contribution is 5.06. The zero-order chi connectivity index (χ0) is 11.5. The first kappa shape index (κ1) is 11.6. The number of morpholine rings is 1. The van der Waals surface area contributed by atoms with E-state index in [1.165, 1.54) is 5.69 Å². The van der Waals surface area contributed by atoms with Crippen molar-refractivity contribution in [1.29, 1.82) is 0 Å². The van der Waals surface area contributed by atoms with Gasteiger partial charge in [-0.3, -0.25) is 4.90 Å². The molecule has 1 N–H and O–H groups in total. The Labute approximate surface area is 96.4 Å². The number of rotatable bonds is 3. The Balaban J connectivity index is 1.99. The van der Waals surface area contributed by atoms with E-state index in [9.17, 15) is 0 Å². The Bertz CT molecular complexity index is 338. The fraction of sp³-hybridized carbons (Fsp3) is 0.667. The van der Waals surface area contributed by atoms with Crippen LogP contribution in [-0.2, 0) is 18.3 Å². The zero-order valence-electron chi connectivity index (χ0n) is 9.97. The van der Waals surface area contributed by atoms with Crippen molar-refractivity contribution in [2.45, 2.75) is 25.6 Å². The van der Waals surface area contributed by atoms with E-state index in [1.54, 1.807) is 0 Å². The van der Waals surface area contributed by atoms with E-state index < -0.39 is 0 Å². The number of aryl methyl sites for hydroxylation is 1. The van der Waals surface area contributed by atoms with Crippen LogP contribution in [0.25, 0.3) is 0 Å². The standard InChI is InChI=1S/C12H20N2O2/c1-10-9-16-12(8-15)7-14(10)6-11-4-3-5-13(11)2/h3-5,10,12,15H,6-9H2,1-2H3. The Hall–Kier alpha value is -0.840. The number of aliphatic hydroxyl groups excluding tert-OH is 1. The number of nitrogens with zero attached hydrogens (tertiary/aromatic N) is 2. The van der Waals surface area contributed by atoms with Crippen molar-refractivity contribution < 1.29 is 9.84 Å². The summed E-state index contributed by atoms with van der Waals surface area (Å²) in [7, 11) is 2.06. The number of hydrogen-bond acceptors (Lipinski definition) is 3. The minimum atomic E-state index is -0.0310. The van der Waals surface area contributed by atoms with Crippen LogP contribution in [0, 0.1) is 0 Å². The third kappa shape index (κ3) is 2.45. The van der Waals surface area contributed by atoms with Crippen LogP contribution in [0.3, 0.4) is 0 Å². The summed E-state index contributed by atoms with van der Waals surface area (Å²) in [5.74, 6) is 0. The average molecular weight is 224 g/mol. The molecule has 4 nitrogen and oxygen atoms in total. The molecule has 0 bridgehead atoms. The van der Waals surface area contributed by atoms with Crippen molar-refractivity contribution in [3.63, 3.8) is 0 Å². The summed E-state index contributed by atoms with van der Waals surface area (Å²) in [6.45, 7) is 4.70. The van der Waals surface area contributed by atoms with Crippen LogP contribution in [0.15, 0.2) is 18.3 Å². The fourth-order valence-electron chi connectivity index (χ4n) is 2.07. The molecule has 0 amide bonds. The first-order valence-corrected chi connectivity index (χ1v) is 5.77. The van der Waals surface area contributed by atoms with E-state index in [0.29, 0.717) is 12.6 Å². The van der Waals surface area contributed by atoms with E-state index in [2.05, 4.69) is 41.8 Å². The van der Waals surface area contributed by atoms with Crippen LogP contribution >= 0.6 is 0 Å². The maximum Gasteiger partial charge on any atom is 0.0933 e. The van der Waals surface area contributed by atoms with Gasteiger partial charge in [-0.1, -0.05) is 0 Å². The molecule has 0 saturated carbocycles. The molecular formula is C12H20N2O2. The number of ether oxygens (including phenoxy) is 1. The predicted octanol–water partition coefficient (Wildman–Crippen LogP) is 0.607. The Kier molecular flexibility index (Phi) is 3.63. The maximum atomic E-state index is 9.12. The summed E-state index contributed by atoms with van der Waals surface area (Å²) in [5.41, 5.74) is 1.30. The highest BCUT2D eigenvalue weighted by Crippen LogP contribution is 2.15. The third-order valence-electron chi connectivity index (χ3n) is 3.25. The van der Waals surface area contributed by atoms with Crippen LogP contribution in [0.2, 0.25) is 0 Å². The maximum absolute atomic E-state index is 9.12. The lowest BCUT2D eigenvalue weighted by Gasteiger charge is -2.37. The van der Waals surface area contributed by atoms with Gasteiger partial charge in [0.2, 0.25) is 0 Å². The minimum Gasteiger partial charge on any atom is -0.394 e. The monoisotopic (exact) mass is 224 g/mol. The van der Waals surface area contributed by atoms with Crippen molar-refractivity contribution in [2.24, 2.45) is 7.05 Å². The van der Waals surface area contributed by atoms with Gasteiger partial charge in [0.15, 0.2) is 0 Å². The number of hydrogen-bond donors (Lipinski definition) is 1. The van der Waals surface area contributed by atoms with Gasteiger partial charge >= 0.3 is 0 Å². The summed E-state index contributed by atoms with van der Waals surface area (Å²) in [6, 6.07) is 4.61. The van der Waals surface area contributed by atoms with Gasteiger partial charge in [-0.2, -0.15) is 0 Å². The number of aliphatic hydroxyl groups is 1. The van der Waals surface area contributed by atoms with Crippen molar-refractivity contribution >= 4 is 0 Å². The first-order chi connectivity index (χ1) is 7.70. The van der Waals surface area contributed by atoms with Crippen LogP contribution < -0.4 is 0 Å². The molecule has 0 aromatic carbocycles. The van der Waals surface area contributed by atoms with Crippen LogP contribution in [-0.4, -0.2) is 46.5 Å². The molecule has 0 aliphatic carbocycles. The van der Waals surface area contributed by atoms with Crippen molar-refractivity contribution in [3.05, 3.63) is 24.0 Å². The van der Waals surface area contributed by atoms with Gasteiger partial charge in [0.1, 0.15) is 0 Å². The molecule has 1 fully saturated rings. The molecule has 1 aromatic heterocycles. The van der Waals surface area contributed by atoms with Crippen molar-refractivity contribution in [1.82, 2.24) is 9.47 Å². The van der Waals surface area contributed by atoms with Gasteiger partial charge in [0.25, 0.3) is 0 Å². The molecule has 2 atom stereocenters. The summed E-state index contributed by atoms with van der Waals surface area (Å²) >= 11 is 0. The Morgan fingerprint density at radius 3 is 3.00 bits per heavy atom. The minimum absolute atomic E-state index is 0.0310. The highest BCUT2D eigenvalue weighted by Gasteiger charge is 2.25. The zero-order valence-corrected chi connectivity index (χ0v) is 9.97. The lowest BCUT2D eigenvalue weighted by Crippen LogP contribution is -2.49. The predicted molar refractivity (Wildman–Crippen MR) is 62.1 cm³/mol. The molecule has 2 rings (SSSR count). The molecule has 16 heavy (non-hydrogen) atoms. The van der Waals surface area contributed by atoms with Gasteiger partial charge < -0.3 is 14.4 Å². The van der Waals surface area contributed by atoms with E-state index >= 15 is 0 Å². The summed E-state index contributed by atoms with van der Waals surface area (Å²) in [5, 5.41) is 9.12. The molecule has 90 valence electrons. The molecular weight excluding hydrogens is 204 g/mol. The normalized spacial score (nSPS) is 27.2. The summed E-state index contributed by atoms with van der Waals surface area (Å²) in [6.07, 6.45) is 2.03. The van der Waals surface area contributed by atoms with Crippen LogP contribution in [0.4, 0.5) is 0 Å². The first-order valence-electron chi connectivity index (χ1n) is 5.77. The van der Waals surface area contributed by atoms with Gasteiger partial charge in [0.05, 0.1) is 19.3 Å². The second kappa shape index (κ2) is 4.99. The molecule has 1 aliphatic rings. The molecule has 0 spiro atoms. The lowest BCUT2D eigenvalue weighted by atomic mass is 10.2. The Morgan fingerprint density at radius 1 is 1.56 bits per heavy atom. The third-order valence-corrected chi connectivity index (χ3v) is 3.25. The molecule has 1 aliphatic heterocycles. The van der Waals surface area contributed by atoms with Gasteiger partial charge in [-0.05, 0) is 19.1 Å². The second-order valence-corrected chi connectivity index (χ2v) is 4.53. The van der Waals surface area contributed by atoms with Crippen molar-refractivity contribution in [3.8, 4) is 0 Å². The van der Waals surface area contributed by atoms with Gasteiger partial charge in [-0.15, -0.1) is 0 Å². The SMILES string of the molecule is CC1COC(CO)CN1Cc1cccn1C. The molecule has 1 aromatic rings. The molecule has 2 heterocycles.